The molecule has 2 aliphatic heterocycles. The highest BCUT2D eigenvalue weighted by molar-refractivity contribution is 5.96. The van der Waals surface area contributed by atoms with Crippen molar-refractivity contribution in [1.82, 2.24) is 9.80 Å². The lowest BCUT2D eigenvalue weighted by Gasteiger charge is -2.42. The molecule has 7 nitrogen and oxygen atoms in total. The van der Waals surface area contributed by atoms with Crippen LogP contribution in [0, 0.1) is 10.1 Å². The molecule has 1 aromatic rings. The van der Waals surface area contributed by atoms with Crippen LogP contribution < -0.4 is 5.32 Å². The molecule has 0 aromatic heterocycles. The molecule has 3 fully saturated rings. The molecule has 1 aliphatic carbocycles. The molecule has 1 aromatic carbocycles. The van der Waals surface area contributed by atoms with E-state index in [0.29, 0.717) is 23.3 Å². The molecule has 2 saturated heterocycles. The molecule has 7 heteroatoms. The average molecular weight is 344 g/mol. The van der Waals surface area contributed by atoms with Crippen molar-refractivity contribution in [1.29, 1.82) is 0 Å². The number of carbonyl (C=O) groups is 1. The van der Waals surface area contributed by atoms with Crippen LogP contribution in [0.3, 0.4) is 0 Å². The van der Waals surface area contributed by atoms with Gasteiger partial charge in [0, 0.05) is 42.8 Å². The minimum Gasteiger partial charge on any atom is -0.377 e. The van der Waals surface area contributed by atoms with Crippen LogP contribution >= 0.6 is 0 Å². The number of amides is 1. The fourth-order valence-corrected chi connectivity index (χ4v) is 4.02. The Morgan fingerprint density at radius 1 is 1.28 bits per heavy atom. The van der Waals surface area contributed by atoms with Crippen molar-refractivity contribution in [2.75, 3.05) is 25.0 Å². The highest BCUT2D eigenvalue weighted by Crippen LogP contribution is 2.32. The zero-order valence-corrected chi connectivity index (χ0v) is 14.5. The number of carbonyl (C=O) groups excluding carboxylic acids is 1. The van der Waals surface area contributed by atoms with Crippen LogP contribution in [0.1, 0.15) is 43.0 Å². The lowest BCUT2D eigenvalue weighted by molar-refractivity contribution is -0.384. The average Bonchev–Trinajstić information content (AvgIpc) is 3.29. The highest BCUT2D eigenvalue weighted by atomic mass is 16.6. The van der Waals surface area contributed by atoms with Gasteiger partial charge in [0.15, 0.2) is 0 Å². The molecule has 1 amide bonds. The smallest absolute Gasteiger partial charge is 0.293 e. The van der Waals surface area contributed by atoms with Crippen molar-refractivity contribution in [2.24, 2.45) is 0 Å². The van der Waals surface area contributed by atoms with Crippen molar-refractivity contribution in [2.45, 2.75) is 50.7 Å². The number of hydrogen-bond acceptors (Lipinski definition) is 5. The van der Waals surface area contributed by atoms with Crippen LogP contribution in [-0.2, 0) is 0 Å². The first-order valence-corrected chi connectivity index (χ1v) is 9.13. The van der Waals surface area contributed by atoms with Gasteiger partial charge < -0.3 is 10.2 Å². The van der Waals surface area contributed by atoms with Gasteiger partial charge in [-0.2, -0.15) is 0 Å². The maximum atomic E-state index is 13.0. The Bertz CT molecular complexity index is 704. The van der Waals surface area contributed by atoms with Gasteiger partial charge in [0.25, 0.3) is 11.6 Å². The zero-order chi connectivity index (χ0) is 17.6. The Morgan fingerprint density at radius 2 is 2.08 bits per heavy atom. The van der Waals surface area contributed by atoms with E-state index in [4.69, 9.17) is 0 Å². The molecule has 0 bridgehead atoms. The van der Waals surface area contributed by atoms with Gasteiger partial charge in [0.2, 0.25) is 0 Å². The molecule has 0 spiro atoms. The van der Waals surface area contributed by atoms with Crippen molar-refractivity contribution in [3.63, 3.8) is 0 Å². The third-order valence-corrected chi connectivity index (χ3v) is 5.58. The Morgan fingerprint density at radius 3 is 2.80 bits per heavy atom. The maximum absolute atomic E-state index is 13.0. The van der Waals surface area contributed by atoms with Gasteiger partial charge in [-0.05, 0) is 51.3 Å². The number of nitro groups is 1. The van der Waals surface area contributed by atoms with Crippen molar-refractivity contribution in [3.8, 4) is 0 Å². The first-order valence-electron chi connectivity index (χ1n) is 9.13. The molecule has 25 heavy (non-hydrogen) atoms. The highest BCUT2D eigenvalue weighted by Gasteiger charge is 2.37. The van der Waals surface area contributed by atoms with Gasteiger partial charge in [-0.1, -0.05) is 0 Å². The molecule has 1 N–H and O–H groups in total. The number of benzene rings is 1. The Balaban J connectivity index is 1.56. The lowest BCUT2D eigenvalue weighted by Crippen LogP contribution is -2.56. The maximum Gasteiger partial charge on any atom is 0.293 e. The summed E-state index contributed by atoms with van der Waals surface area (Å²) in [6.45, 7) is 4.78. The summed E-state index contributed by atoms with van der Waals surface area (Å²) in [6.07, 6.45) is 4.40. The van der Waals surface area contributed by atoms with Crippen LogP contribution in [-0.4, -0.2) is 58.4 Å². The summed E-state index contributed by atoms with van der Waals surface area (Å²) in [5.41, 5.74) is 0.911. The van der Waals surface area contributed by atoms with Crippen LogP contribution in [0.5, 0.6) is 0 Å². The molecule has 0 unspecified atom stereocenters. The summed E-state index contributed by atoms with van der Waals surface area (Å²) in [5.74, 6) is -0.0971. The van der Waals surface area contributed by atoms with Gasteiger partial charge in [-0.25, -0.2) is 0 Å². The van der Waals surface area contributed by atoms with Crippen LogP contribution in [0.15, 0.2) is 18.2 Å². The number of nitrogens with one attached hydrogen (secondary N) is 1. The van der Waals surface area contributed by atoms with Crippen molar-refractivity contribution < 1.29 is 9.72 Å². The molecular weight excluding hydrogens is 320 g/mol. The van der Waals surface area contributed by atoms with E-state index in [9.17, 15) is 14.9 Å². The van der Waals surface area contributed by atoms with Gasteiger partial charge >= 0.3 is 0 Å². The molecule has 0 radical (unpaired) electrons. The molecule has 1 saturated carbocycles. The summed E-state index contributed by atoms with van der Waals surface area (Å²) in [4.78, 5) is 28.3. The van der Waals surface area contributed by atoms with Gasteiger partial charge in [-0.3, -0.25) is 19.8 Å². The van der Waals surface area contributed by atoms with E-state index in [2.05, 4.69) is 17.1 Å². The van der Waals surface area contributed by atoms with Crippen LogP contribution in [0.25, 0.3) is 0 Å². The number of hydrogen-bond donors (Lipinski definition) is 1. The van der Waals surface area contributed by atoms with E-state index in [1.165, 1.54) is 12.5 Å². The number of piperazine rings is 1. The van der Waals surface area contributed by atoms with E-state index in [-0.39, 0.29) is 17.6 Å². The van der Waals surface area contributed by atoms with Crippen LogP contribution in [0.2, 0.25) is 0 Å². The second-order valence-corrected chi connectivity index (χ2v) is 7.51. The summed E-state index contributed by atoms with van der Waals surface area (Å²) in [6, 6.07) is 5.72. The summed E-state index contributed by atoms with van der Waals surface area (Å²) >= 11 is 0. The Hall–Kier alpha value is -2.15. The summed E-state index contributed by atoms with van der Waals surface area (Å²) < 4.78 is 0. The number of fused-ring (bicyclic) bond motifs is 1. The zero-order valence-electron chi connectivity index (χ0n) is 14.5. The predicted molar refractivity (Wildman–Crippen MR) is 94.8 cm³/mol. The fraction of sp³-hybridized carbons (Fsp3) is 0.611. The van der Waals surface area contributed by atoms with Crippen molar-refractivity contribution in [3.05, 3.63) is 33.9 Å². The summed E-state index contributed by atoms with van der Waals surface area (Å²) in [7, 11) is 0. The van der Waals surface area contributed by atoms with Gasteiger partial charge in [0.1, 0.15) is 5.69 Å². The largest absolute Gasteiger partial charge is 0.377 e. The third-order valence-electron chi connectivity index (χ3n) is 5.58. The van der Waals surface area contributed by atoms with Crippen molar-refractivity contribution >= 4 is 17.3 Å². The number of nitro benzene ring substituents is 1. The summed E-state index contributed by atoms with van der Waals surface area (Å²) in [5, 5.41) is 14.6. The standard InChI is InChI=1S/C18H24N4O3/c1-12-10-20-8-2-3-15(20)11-21(12)18(23)13-4-7-16(19-14-5-6-14)17(9-13)22(24)25/h4,7,9,12,14-15,19H,2-3,5-6,8,10-11H2,1H3/t12-,15+/m0/s1. The third kappa shape index (κ3) is 3.20. The number of anilines is 1. The normalized spacial score (nSPS) is 26.4. The Labute approximate surface area is 147 Å². The van der Waals surface area contributed by atoms with Crippen LogP contribution in [0.4, 0.5) is 11.4 Å². The Kier molecular flexibility index (Phi) is 4.11. The van der Waals surface area contributed by atoms with Gasteiger partial charge in [0.05, 0.1) is 4.92 Å². The first-order chi connectivity index (χ1) is 12.0. The molecule has 4 rings (SSSR count). The second-order valence-electron chi connectivity index (χ2n) is 7.51. The molecule has 134 valence electrons. The lowest BCUT2D eigenvalue weighted by atomic mass is 10.1. The minimum atomic E-state index is -0.403. The van der Waals surface area contributed by atoms with E-state index in [0.717, 1.165) is 38.9 Å². The first kappa shape index (κ1) is 16.3. The van der Waals surface area contributed by atoms with E-state index in [1.54, 1.807) is 12.1 Å². The molecule has 3 aliphatic rings. The topological polar surface area (TPSA) is 78.7 Å². The molecule has 2 atom stereocenters. The molecule has 2 heterocycles. The SMILES string of the molecule is C[C@H]1CN2CCC[C@@H]2CN1C(=O)c1ccc(NC2CC2)c([N+](=O)[O-])c1. The predicted octanol–water partition coefficient (Wildman–Crippen LogP) is 2.48. The monoisotopic (exact) mass is 344 g/mol. The quantitative estimate of drug-likeness (QED) is 0.670. The van der Waals surface area contributed by atoms with E-state index in [1.807, 2.05) is 4.90 Å². The van der Waals surface area contributed by atoms with E-state index < -0.39 is 4.92 Å². The number of nitrogens with zero attached hydrogens (tertiary/aromatic N) is 3. The van der Waals surface area contributed by atoms with E-state index >= 15 is 0 Å². The fourth-order valence-electron chi connectivity index (χ4n) is 4.02. The molecular formula is C18H24N4O3. The second kappa shape index (κ2) is 6.29. The minimum absolute atomic E-state index is 0.00935. The van der Waals surface area contributed by atoms with Gasteiger partial charge in [-0.15, -0.1) is 0 Å². The number of rotatable bonds is 4.